The zero-order valence-corrected chi connectivity index (χ0v) is 14.6. The number of phenolic OH excluding ortho intramolecular Hbond substituents is 1. The number of H-pyrrole nitrogens is 1. The molecule has 0 aliphatic carbocycles. The molecular weight excluding hydrogens is 346 g/mol. The van der Waals surface area contributed by atoms with Crippen molar-refractivity contribution in [2.24, 2.45) is 0 Å². The summed E-state index contributed by atoms with van der Waals surface area (Å²) in [6.07, 6.45) is 1.38. The van der Waals surface area contributed by atoms with Gasteiger partial charge < -0.3 is 15.4 Å². The lowest BCUT2D eigenvalue weighted by Crippen LogP contribution is -2.30. The fraction of sp³-hybridized carbons (Fsp3) is 0.250. The molecule has 0 aliphatic rings. The molecule has 0 unspecified atom stereocenters. The number of anilines is 1. The van der Waals surface area contributed by atoms with Gasteiger partial charge in [0.2, 0.25) is 10.0 Å². The molecule has 0 spiro atoms. The molecule has 1 amide bonds. The molecule has 0 bridgehead atoms. The molecule has 134 valence electrons. The number of pyridine rings is 1. The third-order valence-corrected chi connectivity index (χ3v) is 5.67. The van der Waals surface area contributed by atoms with Gasteiger partial charge in [-0.25, -0.2) is 8.42 Å². The Bertz CT molecular complexity index is 933. The van der Waals surface area contributed by atoms with E-state index in [0.29, 0.717) is 13.1 Å². The van der Waals surface area contributed by atoms with E-state index in [1.54, 1.807) is 13.8 Å². The van der Waals surface area contributed by atoms with Crippen LogP contribution in [-0.4, -0.2) is 41.8 Å². The SMILES string of the molecule is CCN(CC)S(=O)(=O)c1ccc(O)c(NC(=O)c2ccc[nH]c2=O)c1. The van der Waals surface area contributed by atoms with E-state index in [2.05, 4.69) is 10.3 Å². The van der Waals surface area contributed by atoms with Crippen LogP contribution >= 0.6 is 0 Å². The summed E-state index contributed by atoms with van der Waals surface area (Å²) >= 11 is 0. The van der Waals surface area contributed by atoms with Crippen LogP contribution < -0.4 is 10.9 Å². The largest absolute Gasteiger partial charge is 0.506 e. The number of sulfonamides is 1. The van der Waals surface area contributed by atoms with Crippen LogP contribution in [0.4, 0.5) is 5.69 Å². The van der Waals surface area contributed by atoms with Crippen molar-refractivity contribution in [3.8, 4) is 5.75 Å². The van der Waals surface area contributed by atoms with Crippen molar-refractivity contribution in [2.45, 2.75) is 18.7 Å². The van der Waals surface area contributed by atoms with Gasteiger partial charge in [-0.2, -0.15) is 4.31 Å². The van der Waals surface area contributed by atoms with Gasteiger partial charge in [-0.3, -0.25) is 9.59 Å². The first-order valence-electron chi connectivity index (χ1n) is 7.63. The Morgan fingerprint density at radius 3 is 2.52 bits per heavy atom. The summed E-state index contributed by atoms with van der Waals surface area (Å²) in [7, 11) is -3.75. The highest BCUT2D eigenvalue weighted by molar-refractivity contribution is 7.89. The lowest BCUT2D eigenvalue weighted by Gasteiger charge is -2.19. The number of carbonyl (C=O) groups excluding carboxylic acids is 1. The molecule has 0 saturated carbocycles. The van der Waals surface area contributed by atoms with Crippen molar-refractivity contribution in [2.75, 3.05) is 18.4 Å². The number of nitrogens with one attached hydrogen (secondary N) is 2. The fourth-order valence-corrected chi connectivity index (χ4v) is 3.76. The first kappa shape index (κ1) is 18.7. The van der Waals surface area contributed by atoms with Gasteiger partial charge in [0.15, 0.2) is 0 Å². The monoisotopic (exact) mass is 365 g/mol. The zero-order chi connectivity index (χ0) is 18.6. The average molecular weight is 365 g/mol. The Morgan fingerprint density at radius 2 is 1.92 bits per heavy atom. The topological polar surface area (TPSA) is 120 Å². The minimum Gasteiger partial charge on any atom is -0.506 e. The summed E-state index contributed by atoms with van der Waals surface area (Å²) < 4.78 is 26.3. The molecule has 25 heavy (non-hydrogen) atoms. The predicted octanol–water partition coefficient (Wildman–Crippen LogP) is 1.36. The van der Waals surface area contributed by atoms with Crippen LogP contribution in [0.3, 0.4) is 0 Å². The molecule has 9 heteroatoms. The second-order valence-electron chi connectivity index (χ2n) is 5.14. The molecule has 3 N–H and O–H groups in total. The molecule has 0 aliphatic heterocycles. The number of hydrogen-bond acceptors (Lipinski definition) is 5. The first-order chi connectivity index (χ1) is 11.8. The molecule has 1 aromatic carbocycles. The van der Waals surface area contributed by atoms with Crippen molar-refractivity contribution < 1.29 is 18.3 Å². The van der Waals surface area contributed by atoms with E-state index in [4.69, 9.17) is 0 Å². The molecule has 0 saturated heterocycles. The van der Waals surface area contributed by atoms with Gasteiger partial charge in [0.05, 0.1) is 10.6 Å². The van der Waals surface area contributed by atoms with Gasteiger partial charge in [-0.05, 0) is 30.3 Å². The Morgan fingerprint density at radius 1 is 1.24 bits per heavy atom. The van der Waals surface area contributed by atoms with Gasteiger partial charge in [0, 0.05) is 19.3 Å². The minimum atomic E-state index is -3.75. The predicted molar refractivity (Wildman–Crippen MR) is 93.2 cm³/mol. The summed E-state index contributed by atoms with van der Waals surface area (Å²) in [6, 6.07) is 6.41. The number of nitrogens with zero attached hydrogens (tertiary/aromatic N) is 1. The van der Waals surface area contributed by atoms with E-state index in [1.807, 2.05) is 0 Å². The van der Waals surface area contributed by atoms with Crippen molar-refractivity contribution in [3.05, 3.63) is 52.4 Å². The van der Waals surface area contributed by atoms with Crippen molar-refractivity contribution in [1.29, 1.82) is 0 Å². The Balaban J connectivity index is 2.39. The third-order valence-electron chi connectivity index (χ3n) is 3.62. The van der Waals surface area contributed by atoms with Crippen molar-refractivity contribution in [1.82, 2.24) is 9.29 Å². The van der Waals surface area contributed by atoms with Gasteiger partial charge in [-0.1, -0.05) is 13.8 Å². The van der Waals surface area contributed by atoms with E-state index in [1.165, 1.54) is 34.8 Å². The van der Waals surface area contributed by atoms with Gasteiger partial charge in [0.1, 0.15) is 11.3 Å². The van der Waals surface area contributed by atoms with Crippen molar-refractivity contribution >= 4 is 21.6 Å². The van der Waals surface area contributed by atoms with E-state index in [9.17, 15) is 23.1 Å². The lowest BCUT2D eigenvalue weighted by atomic mass is 10.2. The summed E-state index contributed by atoms with van der Waals surface area (Å²) in [5.74, 6) is -1.06. The molecule has 0 fully saturated rings. The maximum Gasteiger partial charge on any atom is 0.261 e. The molecule has 1 heterocycles. The third kappa shape index (κ3) is 3.89. The van der Waals surface area contributed by atoms with Crippen molar-refractivity contribution in [3.63, 3.8) is 0 Å². The second-order valence-corrected chi connectivity index (χ2v) is 7.07. The molecule has 2 rings (SSSR count). The molecule has 1 aromatic heterocycles. The summed E-state index contributed by atoms with van der Waals surface area (Å²) in [4.78, 5) is 26.1. The lowest BCUT2D eigenvalue weighted by molar-refractivity contribution is 0.102. The van der Waals surface area contributed by atoms with E-state index in [-0.39, 0.29) is 21.9 Å². The highest BCUT2D eigenvalue weighted by Gasteiger charge is 2.23. The van der Waals surface area contributed by atoms with E-state index < -0.39 is 21.5 Å². The average Bonchev–Trinajstić information content (AvgIpc) is 2.57. The van der Waals surface area contributed by atoms with Crippen LogP contribution in [0.25, 0.3) is 0 Å². The number of benzene rings is 1. The zero-order valence-electron chi connectivity index (χ0n) is 13.8. The maximum absolute atomic E-state index is 12.5. The highest BCUT2D eigenvalue weighted by atomic mass is 32.2. The standard InChI is InChI=1S/C16H19N3O5S/c1-3-19(4-2)25(23,24)11-7-8-14(20)13(10-11)18-16(22)12-6-5-9-17-15(12)21/h5-10,20H,3-4H2,1-2H3,(H,17,21)(H,18,22). The summed E-state index contributed by atoms with van der Waals surface area (Å²) in [5, 5.41) is 12.3. The number of phenols is 1. The number of carbonyl (C=O) groups is 1. The summed E-state index contributed by atoms with van der Waals surface area (Å²) in [5.41, 5.74) is -0.841. The molecule has 0 radical (unpaired) electrons. The molecular formula is C16H19N3O5S. The van der Waals surface area contributed by atoms with Crippen LogP contribution in [0, 0.1) is 0 Å². The second kappa shape index (κ2) is 7.49. The van der Waals surface area contributed by atoms with Crippen LogP contribution in [0.5, 0.6) is 5.75 Å². The highest BCUT2D eigenvalue weighted by Crippen LogP contribution is 2.28. The summed E-state index contributed by atoms with van der Waals surface area (Å²) in [6.45, 7) is 4.01. The smallest absolute Gasteiger partial charge is 0.261 e. The number of aromatic nitrogens is 1. The molecule has 2 aromatic rings. The van der Waals surface area contributed by atoms with E-state index >= 15 is 0 Å². The van der Waals surface area contributed by atoms with Gasteiger partial charge in [-0.15, -0.1) is 0 Å². The Labute approximate surface area is 145 Å². The molecule has 8 nitrogen and oxygen atoms in total. The number of hydrogen-bond donors (Lipinski definition) is 3. The van der Waals surface area contributed by atoms with Gasteiger partial charge >= 0.3 is 0 Å². The van der Waals surface area contributed by atoms with Gasteiger partial charge in [0.25, 0.3) is 11.5 Å². The van der Waals surface area contributed by atoms with E-state index in [0.717, 1.165) is 6.07 Å². The van der Waals surface area contributed by atoms with Crippen LogP contribution in [0.15, 0.2) is 46.2 Å². The van der Waals surface area contributed by atoms with Crippen LogP contribution in [-0.2, 0) is 10.0 Å². The van der Waals surface area contributed by atoms with Crippen LogP contribution in [0.2, 0.25) is 0 Å². The number of aromatic hydroxyl groups is 1. The number of rotatable bonds is 6. The normalized spacial score (nSPS) is 11.5. The maximum atomic E-state index is 12.5. The Kier molecular flexibility index (Phi) is 5.60. The van der Waals surface area contributed by atoms with Crippen LogP contribution in [0.1, 0.15) is 24.2 Å². The fourth-order valence-electron chi connectivity index (χ4n) is 2.28. The number of amides is 1. The minimum absolute atomic E-state index is 0.0636. The first-order valence-corrected chi connectivity index (χ1v) is 9.07. The molecule has 0 atom stereocenters. The Hall–Kier alpha value is -2.65. The number of aromatic amines is 1. The quantitative estimate of drug-likeness (QED) is 0.668.